The summed E-state index contributed by atoms with van der Waals surface area (Å²) in [5.74, 6) is 0. The van der Waals surface area contributed by atoms with Crippen LogP contribution in [0.1, 0.15) is 51.9 Å². The first-order chi connectivity index (χ1) is 5.27. The Morgan fingerprint density at radius 3 is 2.18 bits per heavy atom. The van der Waals surface area contributed by atoms with Crippen LogP contribution >= 0.6 is 24.8 Å². The zero-order valence-corrected chi connectivity index (χ0v) is 9.02. The van der Waals surface area contributed by atoms with Crippen LogP contribution in [0, 0.1) is 0 Å². The molecule has 0 nitrogen and oxygen atoms in total. The molecule has 0 atom stereocenters. The Bertz CT molecular complexity index is 99.7. The molecule has 0 saturated heterocycles. The van der Waals surface area contributed by atoms with Gasteiger partial charge in [0.2, 0.25) is 0 Å². The lowest BCUT2D eigenvalue weighted by molar-refractivity contribution is 0.617. The second-order valence-electron chi connectivity index (χ2n) is 2.91. The van der Waals surface area contributed by atoms with Crippen molar-refractivity contribution in [2.45, 2.75) is 51.9 Å². The summed E-state index contributed by atoms with van der Waals surface area (Å²) in [5, 5.41) is 0. The lowest BCUT2D eigenvalue weighted by atomic mass is 10.1. The predicted molar refractivity (Wildman–Crippen MR) is 59.6 cm³/mol. The van der Waals surface area contributed by atoms with E-state index >= 15 is 0 Å². The van der Waals surface area contributed by atoms with E-state index in [1.807, 2.05) is 0 Å². The fourth-order valence-electron chi connectivity index (χ4n) is 1.06. The molecule has 0 aliphatic carbocycles. The minimum absolute atomic E-state index is 0.862. The zero-order valence-electron chi connectivity index (χ0n) is 7.31. The van der Waals surface area contributed by atoms with Gasteiger partial charge in [-0.15, -0.1) is 12.6 Å². The molecule has 0 fully saturated rings. The van der Waals surface area contributed by atoms with Gasteiger partial charge in [-0.25, -0.2) is 0 Å². The molecule has 66 valence electrons. The van der Waals surface area contributed by atoms with Crippen molar-refractivity contribution in [2.75, 3.05) is 0 Å². The Kier molecular flexibility index (Phi) is 8.88. The third kappa shape index (κ3) is 10.4. The molecule has 0 aromatic rings. The van der Waals surface area contributed by atoms with Gasteiger partial charge in [-0.3, -0.25) is 0 Å². The lowest BCUT2D eigenvalue weighted by Crippen LogP contribution is -1.83. The first-order valence-electron chi connectivity index (χ1n) is 4.49. The quantitative estimate of drug-likeness (QED) is 0.360. The summed E-state index contributed by atoms with van der Waals surface area (Å²) in [6.45, 7) is 2.24. The predicted octanol–water partition coefficient (Wildman–Crippen LogP) is 3.99. The molecule has 0 spiro atoms. The molecule has 0 saturated carbocycles. The third-order valence-electron chi connectivity index (χ3n) is 1.74. The molecule has 0 unspecified atom stereocenters. The van der Waals surface area contributed by atoms with Gasteiger partial charge in [-0.2, -0.15) is 0 Å². The summed E-state index contributed by atoms with van der Waals surface area (Å²) < 4.78 is 0.862. The van der Waals surface area contributed by atoms with Crippen LogP contribution < -0.4 is 0 Å². The fourth-order valence-corrected chi connectivity index (χ4v) is 1.36. The highest BCUT2D eigenvalue weighted by atomic mass is 32.1. The van der Waals surface area contributed by atoms with E-state index in [4.69, 9.17) is 12.2 Å². The van der Waals surface area contributed by atoms with Crippen molar-refractivity contribution in [2.24, 2.45) is 0 Å². The summed E-state index contributed by atoms with van der Waals surface area (Å²) in [7, 11) is 0. The number of unbranched alkanes of at least 4 members (excludes halogenated alkanes) is 5. The first-order valence-corrected chi connectivity index (χ1v) is 5.34. The number of thiocarbonyl (C=S) groups is 1. The van der Waals surface area contributed by atoms with Crippen molar-refractivity contribution in [1.82, 2.24) is 0 Å². The maximum Gasteiger partial charge on any atom is 0.0448 e. The summed E-state index contributed by atoms with van der Waals surface area (Å²) in [5.41, 5.74) is 0. The molecule has 2 heteroatoms. The summed E-state index contributed by atoms with van der Waals surface area (Å²) >= 11 is 8.93. The molecule has 0 aromatic heterocycles. The smallest absolute Gasteiger partial charge is 0.0448 e. The Hall–Kier alpha value is 0.440. The van der Waals surface area contributed by atoms with Gasteiger partial charge < -0.3 is 0 Å². The van der Waals surface area contributed by atoms with Crippen LogP contribution in [0.4, 0.5) is 0 Å². The highest BCUT2D eigenvalue weighted by molar-refractivity contribution is 8.11. The molecule has 0 bridgehead atoms. The minimum atomic E-state index is 0.862. The van der Waals surface area contributed by atoms with Gasteiger partial charge in [0.1, 0.15) is 0 Å². The molecule has 11 heavy (non-hydrogen) atoms. The second kappa shape index (κ2) is 8.54. The van der Waals surface area contributed by atoms with E-state index in [-0.39, 0.29) is 0 Å². The van der Waals surface area contributed by atoms with Crippen LogP contribution in [0.2, 0.25) is 0 Å². The molecule has 0 N–H and O–H groups in total. The van der Waals surface area contributed by atoms with Crippen LogP contribution in [0.25, 0.3) is 0 Å². The SMILES string of the molecule is CCCCCCCCC(=S)S. The minimum Gasteiger partial charge on any atom is -0.136 e. The average molecular weight is 190 g/mol. The van der Waals surface area contributed by atoms with E-state index in [2.05, 4.69) is 19.6 Å². The molecule has 0 aromatic carbocycles. The highest BCUT2D eigenvalue weighted by Crippen LogP contribution is 2.08. The highest BCUT2D eigenvalue weighted by Gasteiger charge is 1.91. The van der Waals surface area contributed by atoms with Gasteiger partial charge in [0, 0.05) is 4.20 Å². The van der Waals surface area contributed by atoms with Gasteiger partial charge in [-0.05, 0) is 12.8 Å². The second-order valence-corrected chi connectivity index (χ2v) is 4.25. The molecular formula is C9H18S2. The Labute approximate surface area is 81.2 Å². The van der Waals surface area contributed by atoms with Crippen LogP contribution in [-0.2, 0) is 0 Å². The number of hydrogen-bond acceptors (Lipinski definition) is 1. The van der Waals surface area contributed by atoms with Crippen molar-refractivity contribution in [3.63, 3.8) is 0 Å². The topological polar surface area (TPSA) is 0 Å². The number of hydrogen-bond donors (Lipinski definition) is 1. The number of thiol groups is 1. The van der Waals surface area contributed by atoms with Gasteiger partial charge in [0.15, 0.2) is 0 Å². The van der Waals surface area contributed by atoms with E-state index in [1.54, 1.807) is 0 Å². The van der Waals surface area contributed by atoms with E-state index in [0.717, 1.165) is 10.6 Å². The van der Waals surface area contributed by atoms with Gasteiger partial charge >= 0.3 is 0 Å². The molecule has 0 heterocycles. The zero-order chi connectivity index (χ0) is 8.53. The van der Waals surface area contributed by atoms with E-state index < -0.39 is 0 Å². The summed E-state index contributed by atoms with van der Waals surface area (Å²) in [6, 6.07) is 0. The Morgan fingerprint density at radius 1 is 1.09 bits per heavy atom. The monoisotopic (exact) mass is 190 g/mol. The van der Waals surface area contributed by atoms with Crippen molar-refractivity contribution >= 4 is 29.0 Å². The summed E-state index contributed by atoms with van der Waals surface area (Å²) in [6.07, 6.45) is 9.02. The standard InChI is InChI=1S/C9H18S2/c1-2-3-4-5-6-7-8-9(10)11/h2-8H2,1H3,(H,10,11). The van der Waals surface area contributed by atoms with Crippen molar-refractivity contribution in [1.29, 1.82) is 0 Å². The normalized spacial score (nSPS) is 10.0. The molecule has 0 aliphatic rings. The third-order valence-corrected chi connectivity index (χ3v) is 2.17. The van der Waals surface area contributed by atoms with Crippen molar-refractivity contribution in [3.8, 4) is 0 Å². The van der Waals surface area contributed by atoms with Crippen LogP contribution in [0.3, 0.4) is 0 Å². The molecule has 0 radical (unpaired) electrons. The molecular weight excluding hydrogens is 172 g/mol. The molecule has 0 aliphatic heterocycles. The van der Waals surface area contributed by atoms with Crippen molar-refractivity contribution < 1.29 is 0 Å². The van der Waals surface area contributed by atoms with Gasteiger partial charge in [0.05, 0.1) is 0 Å². The van der Waals surface area contributed by atoms with Gasteiger partial charge in [-0.1, -0.05) is 51.2 Å². The van der Waals surface area contributed by atoms with Crippen LogP contribution in [-0.4, -0.2) is 4.20 Å². The fraction of sp³-hybridized carbons (Fsp3) is 0.889. The molecule has 0 rings (SSSR count). The lowest BCUT2D eigenvalue weighted by Gasteiger charge is -1.98. The van der Waals surface area contributed by atoms with Gasteiger partial charge in [0.25, 0.3) is 0 Å². The maximum atomic E-state index is 4.86. The average Bonchev–Trinajstić information content (AvgIpc) is 1.96. The number of rotatable bonds is 7. The van der Waals surface area contributed by atoms with Crippen molar-refractivity contribution in [3.05, 3.63) is 0 Å². The van der Waals surface area contributed by atoms with Crippen LogP contribution in [0.15, 0.2) is 0 Å². The summed E-state index contributed by atoms with van der Waals surface area (Å²) in [4.78, 5) is 0. The van der Waals surface area contributed by atoms with E-state index in [0.29, 0.717) is 0 Å². The Balaban J connectivity index is 2.85. The van der Waals surface area contributed by atoms with E-state index in [9.17, 15) is 0 Å². The Morgan fingerprint density at radius 2 is 1.64 bits per heavy atom. The first kappa shape index (κ1) is 11.4. The molecule has 0 amide bonds. The van der Waals surface area contributed by atoms with E-state index in [1.165, 1.54) is 38.5 Å². The largest absolute Gasteiger partial charge is 0.136 e. The van der Waals surface area contributed by atoms with Crippen LogP contribution in [0.5, 0.6) is 0 Å². The maximum absolute atomic E-state index is 4.86.